The van der Waals surface area contributed by atoms with Crippen LogP contribution in [0, 0.1) is 0 Å². The third kappa shape index (κ3) is 2.97. The van der Waals surface area contributed by atoms with E-state index in [9.17, 15) is 14.7 Å². The lowest BCUT2D eigenvalue weighted by Gasteiger charge is -2.34. The molecule has 0 saturated carbocycles. The van der Waals surface area contributed by atoms with Gasteiger partial charge in [0.25, 0.3) is 0 Å². The van der Waals surface area contributed by atoms with Crippen molar-refractivity contribution in [3.8, 4) is 0 Å². The first kappa shape index (κ1) is 15.3. The second-order valence-corrected chi connectivity index (χ2v) is 6.02. The van der Waals surface area contributed by atoms with Crippen molar-refractivity contribution >= 4 is 11.9 Å². The van der Waals surface area contributed by atoms with Crippen LogP contribution >= 0.6 is 0 Å². The molecule has 0 radical (unpaired) electrons. The molecule has 2 aliphatic rings. The summed E-state index contributed by atoms with van der Waals surface area (Å²) in [6.45, 7) is 3.50. The summed E-state index contributed by atoms with van der Waals surface area (Å²) in [5, 5.41) is 12.9. The van der Waals surface area contributed by atoms with Crippen LogP contribution in [0.15, 0.2) is 0 Å². The molecule has 5 nitrogen and oxygen atoms in total. The van der Waals surface area contributed by atoms with Crippen molar-refractivity contribution in [2.75, 3.05) is 13.1 Å². The zero-order valence-corrected chi connectivity index (χ0v) is 12.4. The number of carbonyl (C=O) groups is 2. The molecular weight excluding hydrogens is 256 g/mol. The van der Waals surface area contributed by atoms with Crippen molar-refractivity contribution in [3.05, 3.63) is 0 Å². The highest BCUT2D eigenvalue weighted by Gasteiger charge is 2.48. The van der Waals surface area contributed by atoms with E-state index in [4.69, 9.17) is 0 Å². The number of likely N-dealkylation sites (tertiary alicyclic amines) is 1. The average molecular weight is 282 g/mol. The van der Waals surface area contributed by atoms with Crippen LogP contribution in [0.5, 0.6) is 0 Å². The molecule has 0 aliphatic carbocycles. The Hall–Kier alpha value is -1.10. The number of hydrogen-bond donors (Lipinski definition) is 2. The van der Waals surface area contributed by atoms with Crippen molar-refractivity contribution < 1.29 is 14.7 Å². The molecular formula is C15H26N2O3. The fraction of sp³-hybridized carbons (Fsp3) is 0.867. The van der Waals surface area contributed by atoms with Gasteiger partial charge in [0.1, 0.15) is 5.54 Å². The van der Waals surface area contributed by atoms with Crippen LogP contribution in [-0.2, 0) is 9.59 Å². The molecule has 2 fully saturated rings. The molecule has 0 aromatic carbocycles. The predicted octanol–water partition coefficient (Wildman–Crippen LogP) is 1.76. The molecule has 2 N–H and O–H groups in total. The smallest absolute Gasteiger partial charge is 0.329 e. The summed E-state index contributed by atoms with van der Waals surface area (Å²) in [5.74, 6) is -0.833. The second kappa shape index (κ2) is 6.57. The van der Waals surface area contributed by atoms with Gasteiger partial charge in [0.05, 0.1) is 0 Å². The van der Waals surface area contributed by atoms with Gasteiger partial charge < -0.3 is 15.3 Å². The third-order valence-corrected chi connectivity index (χ3v) is 4.89. The van der Waals surface area contributed by atoms with E-state index < -0.39 is 11.5 Å². The van der Waals surface area contributed by atoms with Gasteiger partial charge in [-0.1, -0.05) is 13.3 Å². The van der Waals surface area contributed by atoms with E-state index >= 15 is 0 Å². The first-order valence-corrected chi connectivity index (χ1v) is 7.87. The summed E-state index contributed by atoms with van der Waals surface area (Å²) in [6, 6.07) is 0.427. The molecule has 2 rings (SSSR count). The Labute approximate surface area is 120 Å². The standard InChI is InChI=1S/C15H26N2O3/c1-2-15(14(19)20)9-5-11-17(15)13(18)8-7-12-6-3-4-10-16-12/h12,16H,2-11H2,1H3,(H,19,20). The van der Waals surface area contributed by atoms with Gasteiger partial charge in [0, 0.05) is 19.0 Å². The Kier molecular flexibility index (Phi) is 5.02. The van der Waals surface area contributed by atoms with E-state index in [0.717, 1.165) is 25.8 Å². The molecule has 0 aromatic heterocycles. The number of carbonyl (C=O) groups excluding carboxylic acids is 1. The van der Waals surface area contributed by atoms with Crippen molar-refractivity contribution in [1.29, 1.82) is 0 Å². The van der Waals surface area contributed by atoms with Crippen LogP contribution in [0.4, 0.5) is 0 Å². The summed E-state index contributed by atoms with van der Waals surface area (Å²) in [6.07, 6.45) is 6.75. The predicted molar refractivity (Wildman–Crippen MR) is 76.5 cm³/mol. The summed E-state index contributed by atoms with van der Waals surface area (Å²) >= 11 is 0. The van der Waals surface area contributed by atoms with Gasteiger partial charge in [-0.05, 0) is 45.1 Å². The maximum Gasteiger partial charge on any atom is 0.329 e. The Balaban J connectivity index is 1.92. The molecule has 114 valence electrons. The summed E-state index contributed by atoms with van der Waals surface area (Å²) < 4.78 is 0. The van der Waals surface area contributed by atoms with Crippen molar-refractivity contribution in [1.82, 2.24) is 10.2 Å². The Morgan fingerprint density at radius 2 is 2.15 bits per heavy atom. The first-order valence-electron chi connectivity index (χ1n) is 7.87. The topological polar surface area (TPSA) is 69.6 Å². The van der Waals surface area contributed by atoms with Crippen LogP contribution < -0.4 is 5.32 Å². The van der Waals surface area contributed by atoms with Crippen LogP contribution in [0.25, 0.3) is 0 Å². The number of aliphatic carboxylic acids is 1. The minimum atomic E-state index is -0.947. The van der Waals surface area contributed by atoms with Gasteiger partial charge in [-0.15, -0.1) is 0 Å². The largest absolute Gasteiger partial charge is 0.479 e. The Morgan fingerprint density at radius 1 is 1.35 bits per heavy atom. The SMILES string of the molecule is CCC1(C(=O)O)CCCN1C(=O)CCC1CCCCN1. The summed E-state index contributed by atoms with van der Waals surface area (Å²) in [5.41, 5.74) is -0.947. The van der Waals surface area contributed by atoms with Gasteiger partial charge in [-0.3, -0.25) is 4.79 Å². The lowest BCUT2D eigenvalue weighted by Crippen LogP contribution is -2.52. The first-order chi connectivity index (χ1) is 9.60. The molecule has 2 saturated heterocycles. The number of amides is 1. The molecule has 2 heterocycles. The molecule has 5 heteroatoms. The number of hydrogen-bond acceptors (Lipinski definition) is 3. The summed E-state index contributed by atoms with van der Waals surface area (Å²) in [4.78, 5) is 25.6. The van der Waals surface area contributed by atoms with E-state index in [1.807, 2.05) is 6.92 Å². The normalized spacial score (nSPS) is 30.4. The quantitative estimate of drug-likeness (QED) is 0.806. The highest BCUT2D eigenvalue weighted by molar-refractivity contribution is 5.87. The Bertz CT molecular complexity index is 366. The lowest BCUT2D eigenvalue weighted by molar-refractivity contribution is -0.156. The molecule has 0 spiro atoms. The minimum Gasteiger partial charge on any atom is -0.479 e. The van der Waals surface area contributed by atoms with Crippen LogP contribution in [0.1, 0.15) is 58.3 Å². The average Bonchev–Trinajstić information content (AvgIpc) is 2.91. The maximum atomic E-state index is 12.4. The monoisotopic (exact) mass is 282 g/mol. The fourth-order valence-electron chi connectivity index (χ4n) is 3.59. The minimum absolute atomic E-state index is 0.0131. The summed E-state index contributed by atoms with van der Waals surface area (Å²) in [7, 11) is 0. The van der Waals surface area contributed by atoms with Gasteiger partial charge in [-0.25, -0.2) is 4.79 Å². The zero-order chi connectivity index (χ0) is 14.6. The van der Waals surface area contributed by atoms with E-state index in [1.165, 1.54) is 12.8 Å². The molecule has 0 bridgehead atoms. The number of carboxylic acid groups (broad SMARTS) is 1. The zero-order valence-electron chi connectivity index (χ0n) is 12.4. The molecule has 20 heavy (non-hydrogen) atoms. The van der Waals surface area contributed by atoms with Crippen LogP contribution in [0.2, 0.25) is 0 Å². The second-order valence-electron chi connectivity index (χ2n) is 6.02. The fourth-order valence-corrected chi connectivity index (χ4v) is 3.59. The van der Waals surface area contributed by atoms with E-state index in [-0.39, 0.29) is 5.91 Å². The van der Waals surface area contributed by atoms with Gasteiger partial charge in [0.15, 0.2) is 0 Å². The van der Waals surface area contributed by atoms with Crippen LogP contribution in [-0.4, -0.2) is 46.6 Å². The van der Waals surface area contributed by atoms with Crippen molar-refractivity contribution in [2.24, 2.45) is 0 Å². The van der Waals surface area contributed by atoms with E-state index in [0.29, 0.717) is 31.8 Å². The number of rotatable bonds is 5. The van der Waals surface area contributed by atoms with Crippen LogP contribution in [0.3, 0.4) is 0 Å². The third-order valence-electron chi connectivity index (χ3n) is 4.89. The number of piperidine rings is 1. The van der Waals surface area contributed by atoms with Crippen molar-refractivity contribution in [2.45, 2.75) is 69.9 Å². The lowest BCUT2D eigenvalue weighted by atomic mass is 9.92. The van der Waals surface area contributed by atoms with Gasteiger partial charge >= 0.3 is 5.97 Å². The van der Waals surface area contributed by atoms with Gasteiger partial charge in [-0.2, -0.15) is 0 Å². The van der Waals surface area contributed by atoms with E-state index in [2.05, 4.69) is 5.32 Å². The molecule has 2 unspecified atom stereocenters. The highest BCUT2D eigenvalue weighted by atomic mass is 16.4. The molecule has 2 aliphatic heterocycles. The Morgan fingerprint density at radius 3 is 2.75 bits per heavy atom. The number of nitrogens with zero attached hydrogens (tertiary/aromatic N) is 1. The highest BCUT2D eigenvalue weighted by Crippen LogP contribution is 2.33. The number of carboxylic acids is 1. The molecule has 0 aromatic rings. The van der Waals surface area contributed by atoms with E-state index in [1.54, 1.807) is 4.90 Å². The molecule has 2 atom stereocenters. The van der Waals surface area contributed by atoms with Crippen molar-refractivity contribution in [3.63, 3.8) is 0 Å². The molecule has 1 amide bonds. The number of nitrogens with one attached hydrogen (secondary N) is 1. The van der Waals surface area contributed by atoms with Gasteiger partial charge in [0.2, 0.25) is 5.91 Å². The maximum absolute atomic E-state index is 12.4.